The normalized spacial score (nSPS) is 38.4. The SMILES string of the molecule is COC(=O)[C@H](NC(=O)C12CC3CC(CC(C3)C1)C2)C(C)C. The van der Waals surface area contributed by atoms with Crippen molar-refractivity contribution in [3.8, 4) is 0 Å². The Hall–Kier alpha value is -1.06. The molecule has 0 aromatic heterocycles. The molecule has 0 spiro atoms. The van der Waals surface area contributed by atoms with Gasteiger partial charge in [-0.05, 0) is 62.2 Å². The average molecular weight is 293 g/mol. The van der Waals surface area contributed by atoms with Crippen LogP contribution in [0.15, 0.2) is 0 Å². The lowest BCUT2D eigenvalue weighted by molar-refractivity contribution is -0.153. The van der Waals surface area contributed by atoms with Crippen molar-refractivity contribution in [3.05, 3.63) is 0 Å². The van der Waals surface area contributed by atoms with Crippen molar-refractivity contribution in [2.24, 2.45) is 29.1 Å². The highest BCUT2D eigenvalue weighted by molar-refractivity contribution is 5.88. The Morgan fingerprint density at radius 1 is 1.05 bits per heavy atom. The van der Waals surface area contributed by atoms with Crippen LogP contribution in [-0.4, -0.2) is 25.0 Å². The summed E-state index contributed by atoms with van der Waals surface area (Å²) in [7, 11) is 1.38. The second-order valence-electron chi connectivity index (χ2n) is 7.92. The molecule has 0 aliphatic heterocycles. The topological polar surface area (TPSA) is 55.4 Å². The standard InChI is InChI=1S/C17H27NO3/c1-10(2)14(15(19)21-3)18-16(20)17-7-11-4-12(8-17)6-13(5-11)9-17/h10-14H,4-9H2,1-3H3,(H,18,20)/t11?,12?,13?,14-,17?/m1/s1. The van der Waals surface area contributed by atoms with Gasteiger partial charge in [0.2, 0.25) is 5.91 Å². The van der Waals surface area contributed by atoms with Crippen LogP contribution in [-0.2, 0) is 14.3 Å². The largest absolute Gasteiger partial charge is 0.467 e. The molecule has 4 aliphatic rings. The van der Waals surface area contributed by atoms with Gasteiger partial charge in [-0.15, -0.1) is 0 Å². The molecule has 118 valence electrons. The van der Waals surface area contributed by atoms with Gasteiger partial charge in [0, 0.05) is 5.41 Å². The first kappa shape index (κ1) is 14.9. The van der Waals surface area contributed by atoms with Crippen molar-refractivity contribution in [2.75, 3.05) is 7.11 Å². The maximum Gasteiger partial charge on any atom is 0.328 e. The first-order chi connectivity index (χ1) is 9.93. The number of amides is 1. The van der Waals surface area contributed by atoms with Gasteiger partial charge in [0.15, 0.2) is 0 Å². The van der Waals surface area contributed by atoms with Crippen LogP contribution in [0, 0.1) is 29.1 Å². The number of ether oxygens (including phenoxy) is 1. The Bertz CT molecular complexity index is 408. The van der Waals surface area contributed by atoms with Gasteiger partial charge in [-0.1, -0.05) is 13.8 Å². The summed E-state index contributed by atoms with van der Waals surface area (Å²) in [5.41, 5.74) is -0.199. The molecule has 1 amide bonds. The van der Waals surface area contributed by atoms with E-state index in [1.54, 1.807) is 0 Å². The zero-order valence-electron chi connectivity index (χ0n) is 13.4. The van der Waals surface area contributed by atoms with E-state index >= 15 is 0 Å². The van der Waals surface area contributed by atoms with Crippen LogP contribution in [0.4, 0.5) is 0 Å². The summed E-state index contributed by atoms with van der Waals surface area (Å²) in [6.07, 6.45) is 7.02. The van der Waals surface area contributed by atoms with Gasteiger partial charge in [0.1, 0.15) is 6.04 Å². The first-order valence-electron chi connectivity index (χ1n) is 8.32. The number of carbonyl (C=O) groups is 2. The van der Waals surface area contributed by atoms with Gasteiger partial charge in [-0.25, -0.2) is 4.79 Å². The third-order valence-electron chi connectivity index (χ3n) is 5.93. The number of esters is 1. The van der Waals surface area contributed by atoms with Crippen molar-refractivity contribution < 1.29 is 14.3 Å². The number of nitrogens with one attached hydrogen (secondary N) is 1. The van der Waals surface area contributed by atoms with Gasteiger partial charge in [0.05, 0.1) is 7.11 Å². The minimum Gasteiger partial charge on any atom is -0.467 e. The minimum absolute atomic E-state index is 0.0512. The fraction of sp³-hybridized carbons (Fsp3) is 0.882. The van der Waals surface area contributed by atoms with Crippen LogP contribution in [0.25, 0.3) is 0 Å². The van der Waals surface area contributed by atoms with E-state index in [-0.39, 0.29) is 23.2 Å². The van der Waals surface area contributed by atoms with Gasteiger partial charge >= 0.3 is 5.97 Å². The lowest BCUT2D eigenvalue weighted by Gasteiger charge is -2.55. The number of rotatable bonds is 4. The predicted molar refractivity (Wildman–Crippen MR) is 79.4 cm³/mol. The predicted octanol–water partition coefficient (Wildman–Crippen LogP) is 2.52. The number of carbonyl (C=O) groups excluding carboxylic acids is 2. The third kappa shape index (κ3) is 2.58. The van der Waals surface area contributed by atoms with Crippen LogP contribution < -0.4 is 5.32 Å². The lowest BCUT2D eigenvalue weighted by Crippen LogP contribution is -2.57. The lowest BCUT2D eigenvalue weighted by atomic mass is 9.49. The molecule has 4 nitrogen and oxygen atoms in total. The highest BCUT2D eigenvalue weighted by atomic mass is 16.5. The van der Waals surface area contributed by atoms with Crippen molar-refractivity contribution in [2.45, 2.75) is 58.4 Å². The van der Waals surface area contributed by atoms with Crippen molar-refractivity contribution in [1.29, 1.82) is 0 Å². The van der Waals surface area contributed by atoms with E-state index in [2.05, 4.69) is 5.32 Å². The molecule has 4 aliphatic carbocycles. The molecule has 4 heteroatoms. The second-order valence-corrected chi connectivity index (χ2v) is 7.92. The number of hydrogen-bond acceptors (Lipinski definition) is 3. The maximum absolute atomic E-state index is 12.9. The number of methoxy groups -OCH3 is 1. The first-order valence-corrected chi connectivity index (χ1v) is 8.32. The smallest absolute Gasteiger partial charge is 0.328 e. The molecule has 1 atom stereocenters. The van der Waals surface area contributed by atoms with Crippen LogP contribution in [0.5, 0.6) is 0 Å². The summed E-state index contributed by atoms with van der Waals surface area (Å²) in [6.45, 7) is 3.89. The quantitative estimate of drug-likeness (QED) is 0.810. The van der Waals surface area contributed by atoms with Crippen LogP contribution in [0.1, 0.15) is 52.4 Å². The molecule has 0 aromatic carbocycles. The zero-order valence-corrected chi connectivity index (χ0v) is 13.4. The summed E-state index contributed by atoms with van der Waals surface area (Å²) in [5.74, 6) is 2.02. The fourth-order valence-corrected chi connectivity index (χ4v) is 5.31. The summed E-state index contributed by atoms with van der Waals surface area (Å²) in [4.78, 5) is 24.8. The Morgan fingerprint density at radius 3 is 1.90 bits per heavy atom. The molecule has 1 N–H and O–H groups in total. The molecule has 0 aromatic rings. The highest BCUT2D eigenvalue weighted by Crippen LogP contribution is 2.60. The van der Waals surface area contributed by atoms with Crippen LogP contribution in [0.3, 0.4) is 0 Å². The molecular weight excluding hydrogens is 266 g/mol. The second kappa shape index (κ2) is 5.29. The molecule has 4 fully saturated rings. The molecule has 0 heterocycles. The Kier molecular flexibility index (Phi) is 3.74. The molecule has 0 unspecified atom stereocenters. The number of hydrogen-bond donors (Lipinski definition) is 1. The molecule has 4 rings (SSSR count). The summed E-state index contributed by atoms with van der Waals surface area (Å²) in [5, 5.41) is 3.01. The van der Waals surface area contributed by atoms with E-state index in [4.69, 9.17) is 4.74 Å². The van der Waals surface area contributed by atoms with E-state index in [0.717, 1.165) is 37.0 Å². The fourth-order valence-electron chi connectivity index (χ4n) is 5.31. The van der Waals surface area contributed by atoms with Crippen molar-refractivity contribution in [1.82, 2.24) is 5.32 Å². The molecule has 4 saturated carbocycles. The van der Waals surface area contributed by atoms with E-state index in [0.29, 0.717) is 0 Å². The van der Waals surface area contributed by atoms with Crippen molar-refractivity contribution in [3.63, 3.8) is 0 Å². The van der Waals surface area contributed by atoms with E-state index in [9.17, 15) is 9.59 Å². The zero-order chi connectivity index (χ0) is 15.2. The maximum atomic E-state index is 12.9. The molecule has 4 bridgehead atoms. The average Bonchev–Trinajstić information content (AvgIpc) is 2.41. The molecule has 0 radical (unpaired) electrons. The Labute approximate surface area is 127 Å². The monoisotopic (exact) mass is 293 g/mol. The van der Waals surface area contributed by atoms with Crippen molar-refractivity contribution >= 4 is 11.9 Å². The van der Waals surface area contributed by atoms with Gasteiger partial charge in [-0.3, -0.25) is 4.79 Å². The molecule has 21 heavy (non-hydrogen) atoms. The van der Waals surface area contributed by atoms with Gasteiger partial charge in [0.25, 0.3) is 0 Å². The Morgan fingerprint density at radius 2 is 1.52 bits per heavy atom. The van der Waals surface area contributed by atoms with Crippen LogP contribution >= 0.6 is 0 Å². The third-order valence-corrected chi connectivity index (χ3v) is 5.93. The van der Waals surface area contributed by atoms with E-state index in [1.807, 2.05) is 13.8 Å². The van der Waals surface area contributed by atoms with E-state index in [1.165, 1.54) is 26.4 Å². The van der Waals surface area contributed by atoms with Gasteiger partial charge in [-0.2, -0.15) is 0 Å². The highest BCUT2D eigenvalue weighted by Gasteiger charge is 2.55. The summed E-state index contributed by atoms with van der Waals surface area (Å²) < 4.78 is 4.84. The van der Waals surface area contributed by atoms with E-state index < -0.39 is 6.04 Å². The summed E-state index contributed by atoms with van der Waals surface area (Å²) in [6, 6.07) is -0.518. The van der Waals surface area contributed by atoms with Gasteiger partial charge < -0.3 is 10.1 Å². The molecule has 0 saturated heterocycles. The minimum atomic E-state index is -0.518. The summed E-state index contributed by atoms with van der Waals surface area (Å²) >= 11 is 0. The Balaban J connectivity index is 1.74. The molecular formula is C17H27NO3. The van der Waals surface area contributed by atoms with Crippen LogP contribution in [0.2, 0.25) is 0 Å².